The number of hydrogen-bond acceptors (Lipinski definition) is 4. The van der Waals surface area contributed by atoms with E-state index in [0.29, 0.717) is 38.7 Å². The standard InChI is InChI=1S/C19H30N4O3S.HI/c1-4-20-18(23-12-13-27(25,26)19(2,3)15-23)21-11-10-17(24)22-14-16-8-6-5-7-9-16;/h5-9H,4,10-15H2,1-3H3,(H,20,21)(H,22,24);1H. The normalized spacial score (nSPS) is 18.1. The summed E-state index contributed by atoms with van der Waals surface area (Å²) in [5.41, 5.74) is 1.06. The molecule has 0 saturated carbocycles. The van der Waals surface area contributed by atoms with Crippen molar-refractivity contribution in [2.75, 3.05) is 31.9 Å². The molecule has 1 aromatic rings. The van der Waals surface area contributed by atoms with E-state index in [1.807, 2.05) is 42.2 Å². The molecule has 0 spiro atoms. The Morgan fingerprint density at radius 3 is 2.50 bits per heavy atom. The Morgan fingerprint density at radius 2 is 1.89 bits per heavy atom. The van der Waals surface area contributed by atoms with Crippen molar-refractivity contribution in [3.05, 3.63) is 35.9 Å². The Balaban J connectivity index is 0.00000392. The lowest BCUT2D eigenvalue weighted by Crippen LogP contribution is -2.57. The van der Waals surface area contributed by atoms with Crippen LogP contribution >= 0.6 is 24.0 Å². The fraction of sp³-hybridized carbons (Fsp3) is 0.579. The molecule has 0 unspecified atom stereocenters. The highest BCUT2D eigenvalue weighted by atomic mass is 127. The van der Waals surface area contributed by atoms with Crippen LogP contribution in [0.2, 0.25) is 0 Å². The third-order valence-electron chi connectivity index (χ3n) is 4.61. The van der Waals surface area contributed by atoms with Gasteiger partial charge in [-0.15, -0.1) is 24.0 Å². The molecule has 0 bridgehead atoms. The molecule has 1 heterocycles. The van der Waals surface area contributed by atoms with Crippen molar-refractivity contribution < 1.29 is 13.2 Å². The summed E-state index contributed by atoms with van der Waals surface area (Å²) in [4.78, 5) is 18.5. The van der Waals surface area contributed by atoms with Gasteiger partial charge in [-0.3, -0.25) is 9.79 Å². The first-order chi connectivity index (χ1) is 12.7. The van der Waals surface area contributed by atoms with E-state index < -0.39 is 14.6 Å². The Labute approximate surface area is 185 Å². The minimum atomic E-state index is -3.10. The van der Waals surface area contributed by atoms with E-state index in [0.717, 1.165) is 5.56 Å². The molecule has 9 heteroatoms. The smallest absolute Gasteiger partial charge is 0.222 e. The molecule has 0 radical (unpaired) electrons. The maximum atomic E-state index is 12.2. The van der Waals surface area contributed by atoms with E-state index in [9.17, 15) is 13.2 Å². The van der Waals surface area contributed by atoms with E-state index in [1.165, 1.54) is 0 Å². The van der Waals surface area contributed by atoms with Crippen molar-refractivity contribution in [2.24, 2.45) is 4.99 Å². The van der Waals surface area contributed by atoms with Gasteiger partial charge in [-0.05, 0) is 26.3 Å². The lowest BCUT2D eigenvalue weighted by Gasteiger charge is -2.39. The summed E-state index contributed by atoms with van der Waals surface area (Å²) < 4.78 is 23.6. The molecule has 0 aromatic heterocycles. The van der Waals surface area contributed by atoms with E-state index in [4.69, 9.17) is 0 Å². The molecule has 158 valence electrons. The SMILES string of the molecule is CCNC(=NCCC(=O)NCc1ccccc1)N1CCS(=O)(=O)C(C)(C)C1.I. The average molecular weight is 522 g/mol. The fourth-order valence-corrected chi connectivity index (χ4v) is 4.26. The summed E-state index contributed by atoms with van der Waals surface area (Å²) >= 11 is 0. The van der Waals surface area contributed by atoms with E-state index in [1.54, 1.807) is 13.8 Å². The van der Waals surface area contributed by atoms with Crippen LogP contribution in [0.15, 0.2) is 35.3 Å². The lowest BCUT2D eigenvalue weighted by molar-refractivity contribution is -0.121. The van der Waals surface area contributed by atoms with E-state index in [2.05, 4.69) is 15.6 Å². The van der Waals surface area contributed by atoms with Crippen LogP contribution in [0.5, 0.6) is 0 Å². The molecule has 2 N–H and O–H groups in total. The summed E-state index contributed by atoms with van der Waals surface area (Å²) in [6.45, 7) is 7.80. The Kier molecular flexibility index (Phi) is 9.68. The second-order valence-electron chi connectivity index (χ2n) is 7.25. The highest BCUT2D eigenvalue weighted by Crippen LogP contribution is 2.23. The summed E-state index contributed by atoms with van der Waals surface area (Å²) in [7, 11) is -3.10. The minimum Gasteiger partial charge on any atom is -0.357 e. The Morgan fingerprint density at radius 1 is 1.21 bits per heavy atom. The van der Waals surface area contributed by atoms with Crippen LogP contribution in [-0.4, -0.2) is 61.9 Å². The first kappa shape index (κ1) is 24.7. The average Bonchev–Trinajstić information content (AvgIpc) is 2.62. The highest BCUT2D eigenvalue weighted by molar-refractivity contribution is 14.0. The van der Waals surface area contributed by atoms with Crippen molar-refractivity contribution in [1.29, 1.82) is 0 Å². The number of amides is 1. The van der Waals surface area contributed by atoms with Gasteiger partial charge in [0.15, 0.2) is 15.8 Å². The number of rotatable bonds is 6. The van der Waals surface area contributed by atoms with Gasteiger partial charge in [0, 0.05) is 32.6 Å². The molecule has 1 amide bonds. The molecule has 1 aliphatic rings. The van der Waals surface area contributed by atoms with Crippen LogP contribution in [0.3, 0.4) is 0 Å². The van der Waals surface area contributed by atoms with Crippen LogP contribution in [0, 0.1) is 0 Å². The number of nitrogens with one attached hydrogen (secondary N) is 2. The zero-order valence-corrected chi connectivity index (χ0v) is 19.9. The molecule has 1 fully saturated rings. The van der Waals surface area contributed by atoms with Crippen molar-refractivity contribution in [2.45, 2.75) is 38.5 Å². The predicted molar refractivity (Wildman–Crippen MR) is 124 cm³/mol. The molecule has 7 nitrogen and oxygen atoms in total. The number of guanidine groups is 1. The zero-order valence-electron chi connectivity index (χ0n) is 16.8. The number of aliphatic imine (C=N–C) groups is 1. The zero-order chi connectivity index (χ0) is 19.9. The maximum absolute atomic E-state index is 12.2. The van der Waals surface area contributed by atoms with Crippen molar-refractivity contribution >= 4 is 45.7 Å². The molecular formula is C19H31IN4O3S. The number of sulfone groups is 1. The summed E-state index contributed by atoms with van der Waals surface area (Å²) in [6.07, 6.45) is 0.289. The van der Waals surface area contributed by atoms with Gasteiger partial charge in [0.25, 0.3) is 0 Å². The van der Waals surface area contributed by atoms with Gasteiger partial charge in [0.2, 0.25) is 5.91 Å². The van der Waals surface area contributed by atoms with Crippen molar-refractivity contribution in [1.82, 2.24) is 15.5 Å². The molecule has 1 aliphatic heterocycles. The second-order valence-corrected chi connectivity index (χ2v) is 9.99. The summed E-state index contributed by atoms with van der Waals surface area (Å²) in [5, 5.41) is 6.08. The van der Waals surface area contributed by atoms with Gasteiger partial charge >= 0.3 is 0 Å². The van der Waals surface area contributed by atoms with Crippen LogP contribution in [0.1, 0.15) is 32.8 Å². The van der Waals surface area contributed by atoms with Crippen LogP contribution in [-0.2, 0) is 21.2 Å². The molecule has 2 rings (SSSR count). The number of carbonyl (C=O) groups is 1. The maximum Gasteiger partial charge on any atom is 0.222 e. The van der Waals surface area contributed by atoms with Crippen molar-refractivity contribution in [3.63, 3.8) is 0 Å². The van der Waals surface area contributed by atoms with Gasteiger partial charge in [-0.1, -0.05) is 30.3 Å². The first-order valence-corrected chi connectivity index (χ1v) is 11.0. The minimum absolute atomic E-state index is 0. The quantitative estimate of drug-likeness (QED) is 0.338. The van der Waals surface area contributed by atoms with Crippen molar-refractivity contribution in [3.8, 4) is 0 Å². The van der Waals surface area contributed by atoms with Gasteiger partial charge in [-0.25, -0.2) is 8.42 Å². The molecule has 1 saturated heterocycles. The highest BCUT2D eigenvalue weighted by Gasteiger charge is 2.40. The summed E-state index contributed by atoms with van der Waals surface area (Å²) in [5.74, 6) is 0.721. The lowest BCUT2D eigenvalue weighted by atomic mass is 10.2. The van der Waals surface area contributed by atoms with Crippen LogP contribution in [0.4, 0.5) is 0 Å². The molecule has 1 aromatic carbocycles. The number of carbonyl (C=O) groups excluding carboxylic acids is 1. The number of halogens is 1. The van der Waals surface area contributed by atoms with Crippen LogP contribution in [0.25, 0.3) is 0 Å². The first-order valence-electron chi connectivity index (χ1n) is 9.31. The Bertz CT molecular complexity index is 767. The monoisotopic (exact) mass is 522 g/mol. The van der Waals surface area contributed by atoms with Gasteiger partial charge < -0.3 is 15.5 Å². The molecule has 28 heavy (non-hydrogen) atoms. The van der Waals surface area contributed by atoms with Gasteiger partial charge in [-0.2, -0.15) is 0 Å². The third kappa shape index (κ3) is 6.91. The molecule has 0 atom stereocenters. The largest absolute Gasteiger partial charge is 0.357 e. The predicted octanol–water partition coefficient (Wildman–Crippen LogP) is 1.79. The third-order valence-corrected chi connectivity index (χ3v) is 7.14. The molecule has 0 aliphatic carbocycles. The number of hydrogen-bond donors (Lipinski definition) is 2. The fourth-order valence-electron chi connectivity index (χ4n) is 2.90. The van der Waals surface area contributed by atoms with E-state index >= 15 is 0 Å². The number of benzene rings is 1. The van der Waals surface area contributed by atoms with Gasteiger partial charge in [0.1, 0.15) is 0 Å². The Hall–Kier alpha value is -1.36. The second kappa shape index (κ2) is 11.0. The van der Waals surface area contributed by atoms with E-state index in [-0.39, 0.29) is 42.1 Å². The summed E-state index contributed by atoms with van der Waals surface area (Å²) in [6, 6.07) is 9.75. The topological polar surface area (TPSA) is 90.9 Å². The number of nitrogens with zero attached hydrogens (tertiary/aromatic N) is 2. The van der Waals surface area contributed by atoms with Gasteiger partial charge in [0.05, 0.1) is 17.0 Å². The molecular weight excluding hydrogens is 491 g/mol. The van der Waals surface area contributed by atoms with Crippen LogP contribution < -0.4 is 10.6 Å².